The van der Waals surface area contributed by atoms with Gasteiger partial charge in [0.2, 0.25) is 23.6 Å². The van der Waals surface area contributed by atoms with Crippen molar-refractivity contribution in [2.45, 2.75) is 108 Å². The number of halogens is 3. The monoisotopic (exact) mass is 685 g/mol. The van der Waals surface area contributed by atoms with Crippen molar-refractivity contribution in [1.82, 2.24) is 15.1 Å². The van der Waals surface area contributed by atoms with Crippen LogP contribution >= 0.6 is 23.2 Å². The van der Waals surface area contributed by atoms with Gasteiger partial charge in [0.15, 0.2) is 5.82 Å². The van der Waals surface area contributed by atoms with Crippen molar-refractivity contribution >= 4 is 52.5 Å². The van der Waals surface area contributed by atoms with Gasteiger partial charge in [0.1, 0.15) is 12.1 Å². The van der Waals surface area contributed by atoms with Gasteiger partial charge in [0.25, 0.3) is 0 Å². The minimum absolute atomic E-state index is 0.0119. The fourth-order valence-corrected chi connectivity index (χ4v) is 8.60. The number of fused-ring (bicyclic) bond motifs is 1. The Morgan fingerprint density at radius 2 is 1.68 bits per heavy atom. The first-order chi connectivity index (χ1) is 22.2. The number of carbonyl (C=O) groups excluding carboxylic acids is 4. The van der Waals surface area contributed by atoms with Gasteiger partial charge in [-0.3, -0.25) is 19.2 Å². The number of nitrogens with one attached hydrogen (secondary N) is 2. The van der Waals surface area contributed by atoms with Crippen molar-refractivity contribution in [1.29, 1.82) is 0 Å². The number of nitrogens with two attached hydrogens (primary N) is 1. The van der Waals surface area contributed by atoms with Crippen LogP contribution in [0.5, 0.6) is 0 Å². The SMILES string of the molecule is CC1(C)CCCCN1C(=O)CCC(=O)N1Cc2ccccc2CC1C(=O)NC(CC12CC(N)(C1)C2)C(=O)Nc1ccc(Cl)c(Cl)c1F. The van der Waals surface area contributed by atoms with Crippen LogP contribution in [0.1, 0.15) is 82.8 Å². The highest BCUT2D eigenvalue weighted by atomic mass is 35.5. The summed E-state index contributed by atoms with van der Waals surface area (Å²) < 4.78 is 14.9. The van der Waals surface area contributed by atoms with Crippen LogP contribution in [-0.4, -0.2) is 63.1 Å². The molecule has 5 aliphatic rings. The predicted molar refractivity (Wildman–Crippen MR) is 178 cm³/mol. The summed E-state index contributed by atoms with van der Waals surface area (Å²) in [6.45, 7) is 4.99. The Hall–Kier alpha value is -3.21. The molecule has 2 aliphatic heterocycles. The van der Waals surface area contributed by atoms with Crippen molar-refractivity contribution < 1.29 is 23.6 Å². The molecule has 9 nitrogen and oxygen atoms in total. The lowest BCUT2D eigenvalue weighted by Gasteiger charge is -2.70. The van der Waals surface area contributed by atoms with Crippen LogP contribution in [0.4, 0.5) is 10.1 Å². The Labute approximate surface area is 284 Å². The molecule has 252 valence electrons. The molecule has 2 aromatic rings. The first-order valence-electron chi connectivity index (χ1n) is 16.4. The highest BCUT2D eigenvalue weighted by molar-refractivity contribution is 6.42. The molecule has 1 saturated heterocycles. The van der Waals surface area contributed by atoms with E-state index in [1.54, 1.807) is 0 Å². The second-order valence-electron chi connectivity index (χ2n) is 14.7. The van der Waals surface area contributed by atoms with E-state index in [-0.39, 0.29) is 69.8 Å². The molecule has 2 aromatic carbocycles. The average Bonchev–Trinajstić information content (AvgIpc) is 3.01. The molecule has 3 saturated carbocycles. The van der Waals surface area contributed by atoms with E-state index in [0.29, 0.717) is 13.0 Å². The number of benzene rings is 2. The molecule has 4 N–H and O–H groups in total. The van der Waals surface area contributed by atoms with E-state index in [0.717, 1.165) is 49.7 Å². The smallest absolute Gasteiger partial charge is 0.247 e. The van der Waals surface area contributed by atoms with Crippen molar-refractivity contribution in [2.75, 3.05) is 11.9 Å². The van der Waals surface area contributed by atoms with Gasteiger partial charge in [-0.2, -0.15) is 0 Å². The molecule has 0 radical (unpaired) electrons. The number of hydrogen-bond acceptors (Lipinski definition) is 5. The second-order valence-corrected chi connectivity index (χ2v) is 15.5. The Morgan fingerprint density at radius 3 is 2.36 bits per heavy atom. The molecule has 2 bridgehead atoms. The van der Waals surface area contributed by atoms with Gasteiger partial charge >= 0.3 is 0 Å². The van der Waals surface area contributed by atoms with Crippen molar-refractivity contribution in [3.05, 3.63) is 63.4 Å². The summed E-state index contributed by atoms with van der Waals surface area (Å²) in [7, 11) is 0. The summed E-state index contributed by atoms with van der Waals surface area (Å²) in [5.41, 5.74) is 7.34. The third-order valence-electron chi connectivity index (χ3n) is 10.6. The Balaban J connectivity index is 1.20. The number of piperidine rings is 1. The molecule has 0 spiro atoms. The summed E-state index contributed by atoms with van der Waals surface area (Å²) in [4.78, 5) is 58.2. The van der Waals surface area contributed by atoms with Gasteiger partial charge in [-0.25, -0.2) is 4.39 Å². The van der Waals surface area contributed by atoms with Gasteiger partial charge in [0, 0.05) is 43.4 Å². The van der Waals surface area contributed by atoms with Crippen LogP contribution in [0.2, 0.25) is 10.0 Å². The van der Waals surface area contributed by atoms with Crippen LogP contribution in [-0.2, 0) is 32.1 Å². The number of amides is 4. The molecule has 12 heteroatoms. The fraction of sp³-hybridized carbons (Fsp3) is 0.543. The number of carbonyl (C=O) groups is 4. The van der Waals surface area contributed by atoms with E-state index in [9.17, 15) is 23.6 Å². The Kier molecular flexibility index (Phi) is 9.08. The zero-order valence-electron chi connectivity index (χ0n) is 26.8. The number of anilines is 1. The van der Waals surface area contributed by atoms with Crippen LogP contribution in [0, 0.1) is 11.2 Å². The topological polar surface area (TPSA) is 125 Å². The van der Waals surface area contributed by atoms with Gasteiger partial charge in [0.05, 0.1) is 15.7 Å². The zero-order valence-corrected chi connectivity index (χ0v) is 28.4. The number of likely N-dealkylation sites (tertiary alicyclic amines) is 1. The van der Waals surface area contributed by atoms with Crippen LogP contribution < -0.4 is 16.4 Å². The molecule has 3 aliphatic carbocycles. The second kappa shape index (κ2) is 12.7. The lowest BCUT2D eigenvalue weighted by Crippen LogP contribution is -2.73. The lowest BCUT2D eigenvalue weighted by atomic mass is 9.38. The summed E-state index contributed by atoms with van der Waals surface area (Å²) in [5, 5.41) is 5.19. The van der Waals surface area contributed by atoms with E-state index in [2.05, 4.69) is 24.5 Å². The van der Waals surface area contributed by atoms with E-state index in [4.69, 9.17) is 28.9 Å². The quantitative estimate of drug-likeness (QED) is 0.307. The minimum Gasteiger partial charge on any atom is -0.342 e. The van der Waals surface area contributed by atoms with Gasteiger partial charge in [-0.05, 0) is 87.5 Å². The third kappa shape index (κ3) is 6.74. The summed E-state index contributed by atoms with van der Waals surface area (Å²) in [6, 6.07) is 8.43. The largest absolute Gasteiger partial charge is 0.342 e. The normalized spacial score (nSPS) is 26.3. The first-order valence-corrected chi connectivity index (χ1v) is 17.2. The molecular formula is C35H42Cl2FN5O4. The standard InChI is InChI=1S/C35H42Cl2FN5O4/c1-33(2)13-5-6-14-43(33)28(45)12-11-27(44)42-17-22-8-4-3-7-21(22)15-26(42)32(47)41-25(16-34-18-35(39,19-34)20-34)31(46)40-24-10-9-23(36)29(37)30(24)38/h3-4,7-10,25-26H,5-6,11-20,39H2,1-2H3,(H,40,46)(H,41,47). The highest BCUT2D eigenvalue weighted by Crippen LogP contribution is 2.68. The first kappa shape index (κ1) is 33.7. The average molecular weight is 687 g/mol. The molecule has 2 atom stereocenters. The van der Waals surface area contributed by atoms with Gasteiger partial charge < -0.3 is 26.2 Å². The van der Waals surface area contributed by atoms with Gasteiger partial charge in [-0.15, -0.1) is 0 Å². The maximum atomic E-state index is 14.9. The fourth-order valence-electron chi connectivity index (χ4n) is 8.29. The third-order valence-corrected chi connectivity index (χ3v) is 11.4. The van der Waals surface area contributed by atoms with Crippen molar-refractivity contribution in [3.63, 3.8) is 0 Å². The van der Waals surface area contributed by atoms with Crippen LogP contribution in [0.3, 0.4) is 0 Å². The van der Waals surface area contributed by atoms with Crippen molar-refractivity contribution in [2.24, 2.45) is 11.1 Å². The molecule has 47 heavy (non-hydrogen) atoms. The molecule has 2 heterocycles. The Bertz CT molecular complexity index is 1600. The lowest BCUT2D eigenvalue weighted by molar-refractivity contribution is -0.152. The van der Waals surface area contributed by atoms with Crippen LogP contribution in [0.25, 0.3) is 0 Å². The zero-order chi connectivity index (χ0) is 33.7. The summed E-state index contributed by atoms with van der Waals surface area (Å²) >= 11 is 11.9. The summed E-state index contributed by atoms with van der Waals surface area (Å²) in [6.07, 6.45) is 5.75. The number of nitrogens with zero attached hydrogens (tertiary/aromatic N) is 2. The van der Waals surface area contributed by atoms with Crippen molar-refractivity contribution in [3.8, 4) is 0 Å². The molecular weight excluding hydrogens is 644 g/mol. The molecule has 4 fully saturated rings. The number of rotatable bonds is 9. The van der Waals surface area contributed by atoms with E-state index >= 15 is 0 Å². The predicted octanol–water partition coefficient (Wildman–Crippen LogP) is 5.35. The summed E-state index contributed by atoms with van der Waals surface area (Å²) in [5.74, 6) is -2.32. The maximum absolute atomic E-state index is 14.9. The number of hydrogen-bond donors (Lipinski definition) is 3. The molecule has 0 aromatic heterocycles. The van der Waals surface area contributed by atoms with E-state index < -0.39 is 29.7 Å². The maximum Gasteiger partial charge on any atom is 0.247 e. The van der Waals surface area contributed by atoms with E-state index in [1.165, 1.54) is 17.0 Å². The van der Waals surface area contributed by atoms with Crippen LogP contribution in [0.15, 0.2) is 36.4 Å². The molecule has 7 rings (SSSR count). The van der Waals surface area contributed by atoms with Gasteiger partial charge in [-0.1, -0.05) is 47.5 Å². The molecule has 4 amide bonds. The molecule has 2 unspecified atom stereocenters. The highest BCUT2D eigenvalue weighted by Gasteiger charge is 2.66. The minimum atomic E-state index is -1.02. The van der Waals surface area contributed by atoms with E-state index in [1.807, 2.05) is 29.2 Å². The Morgan fingerprint density at radius 1 is 1.00 bits per heavy atom.